The van der Waals surface area contributed by atoms with Crippen LogP contribution in [0.1, 0.15) is 31.1 Å². The van der Waals surface area contributed by atoms with E-state index in [0.717, 1.165) is 30.8 Å². The minimum absolute atomic E-state index is 0.535. The first-order valence-electron chi connectivity index (χ1n) is 7.35. The number of nitrogens with zero attached hydrogens (tertiary/aromatic N) is 2. The predicted octanol–water partition coefficient (Wildman–Crippen LogP) is 3.25. The quantitative estimate of drug-likeness (QED) is 0.683. The molecule has 0 aliphatic carbocycles. The molecule has 112 valence electrons. The zero-order valence-electron chi connectivity index (χ0n) is 12.6. The van der Waals surface area contributed by atoms with Gasteiger partial charge in [0.2, 0.25) is 0 Å². The number of thiophene rings is 1. The first-order chi connectivity index (χ1) is 9.74. The van der Waals surface area contributed by atoms with Crippen molar-refractivity contribution >= 4 is 29.1 Å². The third-order valence-corrected chi connectivity index (χ3v) is 6.18. The molecule has 0 bridgehead atoms. The molecule has 1 aromatic heterocycles. The van der Waals surface area contributed by atoms with E-state index in [1.54, 1.807) is 0 Å². The van der Waals surface area contributed by atoms with E-state index >= 15 is 0 Å². The van der Waals surface area contributed by atoms with E-state index in [1.807, 2.05) is 18.4 Å². The summed E-state index contributed by atoms with van der Waals surface area (Å²) >= 11 is 3.93. The summed E-state index contributed by atoms with van der Waals surface area (Å²) in [6, 6.07) is 4.34. The summed E-state index contributed by atoms with van der Waals surface area (Å²) in [4.78, 5) is 8.31. The van der Waals surface area contributed by atoms with Crippen LogP contribution in [0.5, 0.6) is 0 Å². The molecule has 0 spiro atoms. The number of nitrogens with one attached hydrogen (secondary N) is 1. The van der Waals surface area contributed by atoms with Gasteiger partial charge in [-0.15, -0.1) is 11.3 Å². The smallest absolute Gasteiger partial charge is 0.193 e. The van der Waals surface area contributed by atoms with Gasteiger partial charge in [0.25, 0.3) is 0 Å². The fraction of sp³-hybridized carbons (Fsp3) is 0.667. The maximum absolute atomic E-state index is 4.46. The van der Waals surface area contributed by atoms with E-state index in [4.69, 9.17) is 0 Å². The Balaban J connectivity index is 1.86. The minimum atomic E-state index is 0.535. The summed E-state index contributed by atoms with van der Waals surface area (Å²) in [5.74, 6) is 2.81. The van der Waals surface area contributed by atoms with Gasteiger partial charge >= 0.3 is 0 Å². The molecule has 3 nitrogen and oxygen atoms in total. The van der Waals surface area contributed by atoms with E-state index < -0.39 is 0 Å². The average molecular weight is 312 g/mol. The predicted molar refractivity (Wildman–Crippen MR) is 92.2 cm³/mol. The van der Waals surface area contributed by atoms with Crippen molar-refractivity contribution in [1.29, 1.82) is 0 Å². The molecule has 20 heavy (non-hydrogen) atoms. The molecule has 5 heteroatoms. The van der Waals surface area contributed by atoms with E-state index in [1.165, 1.54) is 17.1 Å². The zero-order chi connectivity index (χ0) is 14.4. The highest BCUT2D eigenvalue weighted by molar-refractivity contribution is 8.00. The molecule has 0 amide bonds. The Morgan fingerprint density at radius 3 is 3.10 bits per heavy atom. The standard InChI is InChI=1S/C15H25N3S2/c1-4-13-11-18(7-9-19-13)15(16-3)17-10-12(2)14-6-5-8-20-14/h5-6,8,12-13H,4,7,9-11H2,1-3H3,(H,16,17). The fourth-order valence-electron chi connectivity index (χ4n) is 2.41. The SMILES string of the molecule is CCC1CN(C(=NC)NCC(C)c2cccs2)CCS1. The van der Waals surface area contributed by atoms with Crippen molar-refractivity contribution in [2.24, 2.45) is 4.99 Å². The molecule has 1 aliphatic heterocycles. The van der Waals surface area contributed by atoms with Crippen molar-refractivity contribution in [1.82, 2.24) is 10.2 Å². The lowest BCUT2D eigenvalue weighted by Gasteiger charge is -2.34. The van der Waals surface area contributed by atoms with Crippen molar-refractivity contribution in [3.8, 4) is 0 Å². The van der Waals surface area contributed by atoms with Gasteiger partial charge in [0.1, 0.15) is 0 Å². The lowest BCUT2D eigenvalue weighted by atomic mass is 10.1. The van der Waals surface area contributed by atoms with Crippen LogP contribution in [0.15, 0.2) is 22.5 Å². The molecule has 0 radical (unpaired) electrons. The highest BCUT2D eigenvalue weighted by Gasteiger charge is 2.21. The van der Waals surface area contributed by atoms with Gasteiger partial charge in [0.15, 0.2) is 5.96 Å². The first-order valence-corrected chi connectivity index (χ1v) is 9.28. The number of thioether (sulfide) groups is 1. The molecule has 2 unspecified atom stereocenters. The Kier molecular flexibility index (Phi) is 6.23. The second-order valence-corrected chi connectivity index (χ2v) is 7.58. The van der Waals surface area contributed by atoms with E-state index in [9.17, 15) is 0 Å². The lowest BCUT2D eigenvalue weighted by Crippen LogP contribution is -2.48. The summed E-state index contributed by atoms with van der Waals surface area (Å²) in [6.07, 6.45) is 1.24. The summed E-state index contributed by atoms with van der Waals surface area (Å²) in [6.45, 7) is 7.72. The van der Waals surface area contributed by atoms with Gasteiger partial charge < -0.3 is 10.2 Å². The van der Waals surface area contributed by atoms with Crippen LogP contribution in [0.2, 0.25) is 0 Å². The van der Waals surface area contributed by atoms with E-state index in [-0.39, 0.29) is 0 Å². The maximum atomic E-state index is 4.46. The normalized spacial score (nSPS) is 21.9. The van der Waals surface area contributed by atoms with Crippen molar-refractivity contribution in [3.63, 3.8) is 0 Å². The molecule has 0 saturated carbocycles. The van der Waals surface area contributed by atoms with Crippen LogP contribution in [-0.4, -0.2) is 48.5 Å². The molecule has 2 atom stereocenters. The van der Waals surface area contributed by atoms with Crippen LogP contribution in [0.4, 0.5) is 0 Å². The Bertz CT molecular complexity index is 417. The Hall–Kier alpha value is -0.680. The highest BCUT2D eigenvalue weighted by Crippen LogP contribution is 2.22. The summed E-state index contributed by atoms with van der Waals surface area (Å²) in [7, 11) is 1.89. The second kappa shape index (κ2) is 7.93. The van der Waals surface area contributed by atoms with Gasteiger partial charge in [-0.3, -0.25) is 4.99 Å². The summed E-state index contributed by atoms with van der Waals surface area (Å²) in [5.41, 5.74) is 0. The summed E-state index contributed by atoms with van der Waals surface area (Å²) in [5, 5.41) is 6.44. The van der Waals surface area contributed by atoms with Gasteiger partial charge in [-0.05, 0) is 17.9 Å². The monoisotopic (exact) mass is 311 g/mol. The third kappa shape index (κ3) is 4.16. The molecule has 1 saturated heterocycles. The van der Waals surface area contributed by atoms with Crippen molar-refractivity contribution < 1.29 is 0 Å². The molecule has 0 aromatic carbocycles. The molecule has 1 N–H and O–H groups in total. The van der Waals surface area contributed by atoms with Gasteiger partial charge in [0.05, 0.1) is 0 Å². The van der Waals surface area contributed by atoms with Crippen LogP contribution in [-0.2, 0) is 0 Å². The number of hydrogen-bond donors (Lipinski definition) is 1. The van der Waals surface area contributed by atoms with Gasteiger partial charge in [-0.2, -0.15) is 11.8 Å². The summed E-state index contributed by atoms with van der Waals surface area (Å²) < 4.78 is 0. The van der Waals surface area contributed by atoms with Gasteiger partial charge in [-0.25, -0.2) is 0 Å². The molecule has 2 rings (SSSR count). The number of rotatable bonds is 4. The van der Waals surface area contributed by atoms with Crippen LogP contribution >= 0.6 is 23.1 Å². The van der Waals surface area contributed by atoms with Crippen molar-refractivity contribution in [2.45, 2.75) is 31.4 Å². The lowest BCUT2D eigenvalue weighted by molar-refractivity contribution is 0.407. The van der Waals surface area contributed by atoms with Crippen LogP contribution in [0.3, 0.4) is 0 Å². The molecule has 1 aliphatic rings. The number of aliphatic imine (C=N–C) groups is 1. The first kappa shape index (κ1) is 15.7. The zero-order valence-corrected chi connectivity index (χ0v) is 14.3. The Labute approximate surface area is 130 Å². The van der Waals surface area contributed by atoms with Gasteiger partial charge in [0, 0.05) is 48.5 Å². The molecule has 2 heterocycles. The number of hydrogen-bond acceptors (Lipinski definition) is 3. The van der Waals surface area contributed by atoms with Crippen LogP contribution in [0, 0.1) is 0 Å². The van der Waals surface area contributed by atoms with Crippen molar-refractivity contribution in [2.75, 3.05) is 32.4 Å². The second-order valence-electron chi connectivity index (χ2n) is 5.19. The highest BCUT2D eigenvalue weighted by atomic mass is 32.2. The fourth-order valence-corrected chi connectivity index (χ4v) is 4.37. The maximum Gasteiger partial charge on any atom is 0.193 e. The number of guanidine groups is 1. The molecule has 1 aromatic rings. The minimum Gasteiger partial charge on any atom is -0.356 e. The van der Waals surface area contributed by atoms with E-state index in [2.05, 4.69) is 58.3 Å². The Morgan fingerprint density at radius 2 is 2.45 bits per heavy atom. The molecular formula is C15H25N3S2. The van der Waals surface area contributed by atoms with Gasteiger partial charge in [-0.1, -0.05) is 19.9 Å². The Morgan fingerprint density at radius 1 is 1.60 bits per heavy atom. The molecule has 1 fully saturated rings. The van der Waals surface area contributed by atoms with Crippen LogP contribution < -0.4 is 5.32 Å². The molecular weight excluding hydrogens is 286 g/mol. The van der Waals surface area contributed by atoms with Crippen LogP contribution in [0.25, 0.3) is 0 Å². The van der Waals surface area contributed by atoms with Crippen molar-refractivity contribution in [3.05, 3.63) is 22.4 Å². The third-order valence-electron chi connectivity index (χ3n) is 3.70. The topological polar surface area (TPSA) is 27.6 Å². The van der Waals surface area contributed by atoms with E-state index in [0.29, 0.717) is 5.92 Å². The largest absolute Gasteiger partial charge is 0.356 e. The average Bonchev–Trinajstić information content (AvgIpc) is 3.02.